The fourth-order valence-electron chi connectivity index (χ4n) is 1.36. The number of hydrogen-bond donors (Lipinski definition) is 1. The van der Waals surface area contributed by atoms with Crippen molar-refractivity contribution in [2.24, 2.45) is 0 Å². The molecule has 17 heavy (non-hydrogen) atoms. The third kappa shape index (κ3) is 5.54. The predicted octanol–water partition coefficient (Wildman–Crippen LogP) is 2.23. The maximum absolute atomic E-state index is 5.60. The molecule has 96 valence electrons. The SMILES string of the molecule is C=C(CNC(C)C)COc1cnn(CCC)c1. The van der Waals surface area contributed by atoms with Gasteiger partial charge in [-0.1, -0.05) is 27.4 Å². The van der Waals surface area contributed by atoms with Crippen molar-refractivity contribution in [3.05, 3.63) is 24.5 Å². The van der Waals surface area contributed by atoms with Crippen molar-refractivity contribution in [3.8, 4) is 5.75 Å². The molecule has 0 spiro atoms. The Kier molecular flexibility index (Phi) is 5.77. The number of nitrogens with one attached hydrogen (secondary N) is 1. The maximum Gasteiger partial charge on any atom is 0.157 e. The van der Waals surface area contributed by atoms with Crippen LogP contribution in [0.3, 0.4) is 0 Å². The molecule has 0 aliphatic carbocycles. The van der Waals surface area contributed by atoms with Gasteiger partial charge in [0.15, 0.2) is 5.75 Å². The summed E-state index contributed by atoms with van der Waals surface area (Å²) in [6, 6.07) is 0.471. The Labute approximate surface area is 104 Å². The minimum absolute atomic E-state index is 0.471. The highest BCUT2D eigenvalue weighted by atomic mass is 16.5. The molecule has 4 nitrogen and oxygen atoms in total. The molecule has 0 atom stereocenters. The summed E-state index contributed by atoms with van der Waals surface area (Å²) in [5.74, 6) is 0.809. The van der Waals surface area contributed by atoms with Crippen LogP contribution in [0, 0.1) is 0 Å². The van der Waals surface area contributed by atoms with E-state index in [1.54, 1.807) is 6.20 Å². The van der Waals surface area contributed by atoms with Crippen molar-refractivity contribution in [3.63, 3.8) is 0 Å². The van der Waals surface area contributed by atoms with Gasteiger partial charge in [-0.15, -0.1) is 0 Å². The largest absolute Gasteiger partial charge is 0.486 e. The molecular formula is C13H23N3O. The fraction of sp³-hybridized carbons (Fsp3) is 0.615. The van der Waals surface area contributed by atoms with Gasteiger partial charge in [0.05, 0.1) is 12.4 Å². The quantitative estimate of drug-likeness (QED) is 0.705. The van der Waals surface area contributed by atoms with Gasteiger partial charge >= 0.3 is 0 Å². The number of ether oxygens (including phenoxy) is 1. The first kappa shape index (κ1) is 13.8. The normalized spacial score (nSPS) is 10.8. The van der Waals surface area contributed by atoms with E-state index < -0.39 is 0 Å². The van der Waals surface area contributed by atoms with Crippen molar-refractivity contribution in [2.45, 2.75) is 39.8 Å². The Morgan fingerprint density at radius 2 is 2.35 bits per heavy atom. The number of rotatable bonds is 8. The molecular weight excluding hydrogens is 214 g/mol. The topological polar surface area (TPSA) is 39.1 Å². The second-order valence-corrected chi connectivity index (χ2v) is 4.51. The van der Waals surface area contributed by atoms with E-state index in [0.717, 1.165) is 30.8 Å². The molecule has 0 unspecified atom stereocenters. The number of hydrogen-bond acceptors (Lipinski definition) is 3. The smallest absolute Gasteiger partial charge is 0.157 e. The average Bonchev–Trinajstić information content (AvgIpc) is 2.72. The molecule has 0 radical (unpaired) electrons. The van der Waals surface area contributed by atoms with Gasteiger partial charge in [0.2, 0.25) is 0 Å². The van der Waals surface area contributed by atoms with E-state index in [1.807, 2.05) is 10.9 Å². The van der Waals surface area contributed by atoms with Gasteiger partial charge in [-0.2, -0.15) is 5.10 Å². The maximum atomic E-state index is 5.60. The fourth-order valence-corrected chi connectivity index (χ4v) is 1.36. The van der Waals surface area contributed by atoms with Crippen molar-refractivity contribution >= 4 is 0 Å². The van der Waals surface area contributed by atoms with Gasteiger partial charge in [-0.05, 0) is 12.0 Å². The van der Waals surface area contributed by atoms with Crippen LogP contribution in [0.4, 0.5) is 0 Å². The number of aromatic nitrogens is 2. The van der Waals surface area contributed by atoms with Crippen molar-refractivity contribution < 1.29 is 4.74 Å². The lowest BCUT2D eigenvalue weighted by Crippen LogP contribution is -2.26. The van der Waals surface area contributed by atoms with Gasteiger partial charge in [-0.25, -0.2) is 0 Å². The van der Waals surface area contributed by atoms with Crippen LogP contribution in [0.1, 0.15) is 27.2 Å². The van der Waals surface area contributed by atoms with Crippen LogP contribution in [0.15, 0.2) is 24.5 Å². The van der Waals surface area contributed by atoms with Crippen molar-refractivity contribution in [1.82, 2.24) is 15.1 Å². The average molecular weight is 237 g/mol. The summed E-state index contributed by atoms with van der Waals surface area (Å²) in [5, 5.41) is 7.51. The van der Waals surface area contributed by atoms with E-state index in [4.69, 9.17) is 4.74 Å². The molecule has 4 heteroatoms. The highest BCUT2D eigenvalue weighted by Gasteiger charge is 2.01. The summed E-state index contributed by atoms with van der Waals surface area (Å²) in [4.78, 5) is 0. The lowest BCUT2D eigenvalue weighted by molar-refractivity contribution is 0.346. The van der Waals surface area contributed by atoms with Crippen LogP contribution in [0.2, 0.25) is 0 Å². The summed E-state index contributed by atoms with van der Waals surface area (Å²) in [6.45, 7) is 12.6. The van der Waals surface area contributed by atoms with E-state index >= 15 is 0 Å². The van der Waals surface area contributed by atoms with Crippen LogP contribution in [-0.4, -0.2) is 29.0 Å². The number of aryl methyl sites for hydroxylation is 1. The monoisotopic (exact) mass is 237 g/mol. The van der Waals surface area contributed by atoms with Crippen molar-refractivity contribution in [2.75, 3.05) is 13.2 Å². The van der Waals surface area contributed by atoms with Gasteiger partial charge in [0.1, 0.15) is 6.61 Å². The highest BCUT2D eigenvalue weighted by molar-refractivity contribution is 5.13. The molecule has 0 amide bonds. The zero-order valence-electron chi connectivity index (χ0n) is 11.1. The summed E-state index contributed by atoms with van der Waals surface area (Å²) in [7, 11) is 0. The second-order valence-electron chi connectivity index (χ2n) is 4.51. The molecule has 1 aromatic rings. The van der Waals surface area contributed by atoms with Gasteiger partial charge in [-0.3, -0.25) is 4.68 Å². The Morgan fingerprint density at radius 3 is 3.00 bits per heavy atom. The first-order chi connectivity index (χ1) is 8.11. The molecule has 1 N–H and O–H groups in total. The van der Waals surface area contributed by atoms with E-state index in [0.29, 0.717) is 12.6 Å². The molecule has 1 rings (SSSR count). The van der Waals surface area contributed by atoms with Gasteiger partial charge in [0, 0.05) is 19.1 Å². The molecule has 0 aliphatic rings. The van der Waals surface area contributed by atoms with Gasteiger partial charge < -0.3 is 10.1 Å². The first-order valence-electron chi connectivity index (χ1n) is 6.17. The summed E-state index contributed by atoms with van der Waals surface area (Å²) in [6.07, 6.45) is 4.75. The standard InChI is InChI=1S/C13H23N3O/c1-5-6-16-9-13(8-15-16)17-10-12(4)7-14-11(2)3/h8-9,11,14H,4-7,10H2,1-3H3. The Balaban J connectivity index is 2.26. The van der Waals surface area contributed by atoms with Crippen LogP contribution in [0.5, 0.6) is 5.75 Å². The minimum Gasteiger partial charge on any atom is -0.486 e. The molecule has 0 bridgehead atoms. The zero-order chi connectivity index (χ0) is 12.7. The second kappa shape index (κ2) is 7.12. The zero-order valence-corrected chi connectivity index (χ0v) is 11.1. The summed E-state index contributed by atoms with van der Waals surface area (Å²) >= 11 is 0. The Hall–Kier alpha value is -1.29. The summed E-state index contributed by atoms with van der Waals surface area (Å²) in [5.41, 5.74) is 1.04. The van der Waals surface area contributed by atoms with Crippen LogP contribution in [0.25, 0.3) is 0 Å². The molecule has 1 heterocycles. The number of nitrogens with zero attached hydrogens (tertiary/aromatic N) is 2. The third-order valence-corrected chi connectivity index (χ3v) is 2.27. The Morgan fingerprint density at radius 1 is 1.59 bits per heavy atom. The highest BCUT2D eigenvalue weighted by Crippen LogP contribution is 2.09. The van der Waals surface area contributed by atoms with Gasteiger partial charge in [0.25, 0.3) is 0 Å². The van der Waals surface area contributed by atoms with Crippen molar-refractivity contribution in [1.29, 1.82) is 0 Å². The Bertz CT molecular complexity index is 344. The predicted molar refractivity (Wildman–Crippen MR) is 70.3 cm³/mol. The molecule has 0 saturated carbocycles. The lowest BCUT2D eigenvalue weighted by Gasteiger charge is -2.10. The van der Waals surface area contributed by atoms with E-state index in [9.17, 15) is 0 Å². The van der Waals surface area contributed by atoms with E-state index in [-0.39, 0.29) is 0 Å². The van der Waals surface area contributed by atoms with E-state index in [1.165, 1.54) is 0 Å². The van der Waals surface area contributed by atoms with E-state index in [2.05, 4.69) is 37.8 Å². The van der Waals surface area contributed by atoms with Crippen LogP contribution < -0.4 is 10.1 Å². The molecule has 0 fully saturated rings. The minimum atomic E-state index is 0.471. The lowest BCUT2D eigenvalue weighted by atomic mass is 10.3. The molecule has 1 aromatic heterocycles. The molecule has 0 saturated heterocycles. The molecule has 0 aromatic carbocycles. The summed E-state index contributed by atoms with van der Waals surface area (Å²) < 4.78 is 7.50. The van der Waals surface area contributed by atoms with Crippen LogP contribution >= 0.6 is 0 Å². The third-order valence-electron chi connectivity index (χ3n) is 2.27. The molecule has 0 aliphatic heterocycles. The first-order valence-corrected chi connectivity index (χ1v) is 6.17. The van der Waals surface area contributed by atoms with Crippen LogP contribution in [-0.2, 0) is 6.54 Å².